The van der Waals surface area contributed by atoms with Gasteiger partial charge in [0, 0.05) is 18.0 Å². The van der Waals surface area contributed by atoms with Gasteiger partial charge in [0.05, 0.1) is 12.8 Å². The van der Waals surface area contributed by atoms with Crippen molar-refractivity contribution < 1.29 is 9.53 Å². The van der Waals surface area contributed by atoms with E-state index in [9.17, 15) is 4.79 Å². The summed E-state index contributed by atoms with van der Waals surface area (Å²) in [5.41, 5.74) is 2.58. The maximum absolute atomic E-state index is 12.1. The van der Waals surface area contributed by atoms with Crippen molar-refractivity contribution in [3.8, 4) is 11.4 Å². The van der Waals surface area contributed by atoms with Gasteiger partial charge in [-0.25, -0.2) is 4.68 Å². The minimum atomic E-state index is -0.0381. The first-order valence-electron chi connectivity index (χ1n) is 7.23. The third-order valence-electron chi connectivity index (χ3n) is 3.46. The van der Waals surface area contributed by atoms with E-state index in [1.54, 1.807) is 54.4 Å². The molecule has 0 aliphatic rings. The Balaban J connectivity index is 1.70. The summed E-state index contributed by atoms with van der Waals surface area (Å²) in [7, 11) is 1.60. The van der Waals surface area contributed by atoms with Crippen molar-refractivity contribution in [3.05, 3.63) is 84.2 Å². The number of ketones is 1. The maximum atomic E-state index is 12.1. The number of hydrogen-bond donors (Lipinski definition) is 0. The molecular weight excluding hydrogens is 288 g/mol. The van der Waals surface area contributed by atoms with Gasteiger partial charge in [0.25, 0.3) is 0 Å². The smallest absolute Gasteiger partial charge is 0.185 e. The van der Waals surface area contributed by atoms with Gasteiger partial charge in [-0.05, 0) is 54.1 Å². The van der Waals surface area contributed by atoms with Gasteiger partial charge in [-0.1, -0.05) is 18.2 Å². The Labute approximate surface area is 134 Å². The largest absolute Gasteiger partial charge is 0.497 e. The van der Waals surface area contributed by atoms with Gasteiger partial charge >= 0.3 is 0 Å². The van der Waals surface area contributed by atoms with Crippen LogP contribution >= 0.6 is 0 Å². The fourth-order valence-electron chi connectivity index (χ4n) is 2.18. The Kier molecular flexibility index (Phi) is 4.34. The molecule has 3 rings (SSSR count). The van der Waals surface area contributed by atoms with Crippen molar-refractivity contribution in [2.75, 3.05) is 7.11 Å². The number of methoxy groups -OCH3 is 1. The van der Waals surface area contributed by atoms with Crippen molar-refractivity contribution >= 4 is 11.9 Å². The summed E-state index contributed by atoms with van der Waals surface area (Å²) >= 11 is 0. The molecule has 0 unspecified atom stereocenters. The number of allylic oxidation sites excluding steroid dienone is 1. The molecule has 0 fully saturated rings. The first-order valence-corrected chi connectivity index (χ1v) is 7.23. The van der Waals surface area contributed by atoms with Crippen LogP contribution in [0.15, 0.2) is 73.1 Å². The third kappa shape index (κ3) is 3.55. The maximum Gasteiger partial charge on any atom is 0.185 e. The standard InChI is InChI=1S/C19H16N2O2/c1-23-18-10-6-16(7-11-18)19(22)12-5-15-3-8-17(9-4-15)21-14-2-13-20-21/h2-14H,1H3/b12-5+. The number of rotatable bonds is 5. The molecule has 0 amide bonds. The summed E-state index contributed by atoms with van der Waals surface area (Å²) in [6.45, 7) is 0. The number of carbonyl (C=O) groups excluding carboxylic acids is 1. The zero-order valence-corrected chi connectivity index (χ0v) is 12.7. The molecule has 0 bridgehead atoms. The van der Waals surface area contributed by atoms with Gasteiger partial charge in [-0.2, -0.15) is 5.10 Å². The summed E-state index contributed by atoms with van der Waals surface area (Å²) < 4.78 is 6.87. The lowest BCUT2D eigenvalue weighted by Crippen LogP contribution is -1.95. The highest BCUT2D eigenvalue weighted by atomic mass is 16.5. The Hall–Kier alpha value is -3.14. The molecule has 0 radical (unpaired) electrons. The highest BCUT2D eigenvalue weighted by molar-refractivity contribution is 6.06. The van der Waals surface area contributed by atoms with Crippen LogP contribution in [0.25, 0.3) is 11.8 Å². The molecular formula is C19H16N2O2. The number of ether oxygens (including phenoxy) is 1. The number of carbonyl (C=O) groups is 1. The normalized spacial score (nSPS) is 10.8. The SMILES string of the molecule is COc1ccc(C(=O)/C=C/c2ccc(-n3cccn3)cc2)cc1. The van der Waals surface area contributed by atoms with E-state index in [4.69, 9.17) is 4.74 Å². The average molecular weight is 304 g/mol. The van der Waals surface area contributed by atoms with Crippen LogP contribution in [-0.2, 0) is 0 Å². The molecule has 0 aliphatic carbocycles. The quantitative estimate of drug-likeness (QED) is 0.532. The number of benzene rings is 2. The molecule has 0 saturated heterocycles. The number of hydrogen-bond acceptors (Lipinski definition) is 3. The molecule has 1 aromatic heterocycles. The first kappa shape index (κ1) is 14.8. The van der Waals surface area contributed by atoms with Gasteiger partial charge < -0.3 is 4.74 Å². The predicted octanol–water partition coefficient (Wildman–Crippen LogP) is 3.78. The van der Waals surface area contributed by atoms with Crippen LogP contribution in [0.4, 0.5) is 0 Å². The van der Waals surface area contributed by atoms with E-state index in [1.165, 1.54) is 0 Å². The van der Waals surface area contributed by atoms with E-state index in [2.05, 4.69) is 5.10 Å². The molecule has 4 nitrogen and oxygen atoms in total. The molecule has 114 valence electrons. The zero-order chi connectivity index (χ0) is 16.1. The van der Waals surface area contributed by atoms with Crippen LogP contribution in [0.3, 0.4) is 0 Å². The molecule has 0 N–H and O–H groups in total. The van der Waals surface area contributed by atoms with Crippen molar-refractivity contribution in [2.45, 2.75) is 0 Å². The molecule has 2 aromatic carbocycles. The van der Waals surface area contributed by atoms with E-state index < -0.39 is 0 Å². The lowest BCUT2D eigenvalue weighted by Gasteiger charge is -2.02. The summed E-state index contributed by atoms with van der Waals surface area (Å²) in [6, 6.07) is 16.8. The monoisotopic (exact) mass is 304 g/mol. The van der Waals surface area contributed by atoms with Crippen molar-refractivity contribution in [1.29, 1.82) is 0 Å². The highest BCUT2D eigenvalue weighted by Gasteiger charge is 2.02. The van der Waals surface area contributed by atoms with Crippen LogP contribution in [0.1, 0.15) is 15.9 Å². The minimum Gasteiger partial charge on any atom is -0.497 e. The molecule has 0 saturated carbocycles. The number of aromatic nitrogens is 2. The summed E-state index contributed by atoms with van der Waals surface area (Å²) in [6.07, 6.45) is 7.00. The molecule has 3 aromatic rings. The molecule has 4 heteroatoms. The van der Waals surface area contributed by atoms with Gasteiger partial charge in [-0.3, -0.25) is 4.79 Å². The number of nitrogens with zero attached hydrogens (tertiary/aromatic N) is 2. The van der Waals surface area contributed by atoms with Gasteiger partial charge in [0.15, 0.2) is 5.78 Å². The van der Waals surface area contributed by atoms with Crippen molar-refractivity contribution in [2.24, 2.45) is 0 Å². The van der Waals surface area contributed by atoms with E-state index in [1.807, 2.05) is 36.5 Å². The first-order chi connectivity index (χ1) is 11.3. The molecule has 0 spiro atoms. The zero-order valence-electron chi connectivity index (χ0n) is 12.7. The van der Waals surface area contributed by atoms with E-state index in [0.29, 0.717) is 5.56 Å². The third-order valence-corrected chi connectivity index (χ3v) is 3.46. The lowest BCUT2D eigenvalue weighted by atomic mass is 10.1. The fourth-order valence-corrected chi connectivity index (χ4v) is 2.18. The van der Waals surface area contributed by atoms with Crippen LogP contribution in [0.2, 0.25) is 0 Å². The highest BCUT2D eigenvalue weighted by Crippen LogP contribution is 2.13. The van der Waals surface area contributed by atoms with Crippen molar-refractivity contribution in [1.82, 2.24) is 9.78 Å². The summed E-state index contributed by atoms with van der Waals surface area (Å²) in [5, 5.41) is 4.18. The Morgan fingerprint density at radius 1 is 1.09 bits per heavy atom. The molecule has 0 atom stereocenters. The lowest BCUT2D eigenvalue weighted by molar-refractivity contribution is 0.104. The van der Waals surface area contributed by atoms with Gasteiger partial charge in [-0.15, -0.1) is 0 Å². The van der Waals surface area contributed by atoms with Gasteiger partial charge in [0.1, 0.15) is 5.75 Å². The minimum absolute atomic E-state index is 0.0381. The van der Waals surface area contributed by atoms with Crippen LogP contribution in [0.5, 0.6) is 5.75 Å². The fraction of sp³-hybridized carbons (Fsp3) is 0.0526. The Bertz CT molecular complexity index is 802. The van der Waals surface area contributed by atoms with Gasteiger partial charge in [0.2, 0.25) is 0 Å². The second-order valence-electron chi connectivity index (χ2n) is 4.97. The van der Waals surface area contributed by atoms with Crippen LogP contribution < -0.4 is 4.74 Å². The van der Waals surface area contributed by atoms with E-state index in [0.717, 1.165) is 17.0 Å². The summed E-state index contributed by atoms with van der Waals surface area (Å²) in [5.74, 6) is 0.698. The topological polar surface area (TPSA) is 44.1 Å². The van der Waals surface area contributed by atoms with Crippen LogP contribution in [-0.4, -0.2) is 22.7 Å². The van der Waals surface area contributed by atoms with Crippen LogP contribution in [0, 0.1) is 0 Å². The Morgan fingerprint density at radius 2 is 1.83 bits per heavy atom. The van der Waals surface area contributed by atoms with E-state index >= 15 is 0 Å². The van der Waals surface area contributed by atoms with Crippen molar-refractivity contribution in [3.63, 3.8) is 0 Å². The Morgan fingerprint density at radius 3 is 2.43 bits per heavy atom. The molecule has 0 aliphatic heterocycles. The average Bonchev–Trinajstić information content (AvgIpc) is 3.15. The predicted molar refractivity (Wildman–Crippen MR) is 89.9 cm³/mol. The van der Waals surface area contributed by atoms with E-state index in [-0.39, 0.29) is 5.78 Å². The molecule has 23 heavy (non-hydrogen) atoms. The molecule has 1 heterocycles. The second-order valence-corrected chi connectivity index (χ2v) is 4.97. The second kappa shape index (κ2) is 6.75. The summed E-state index contributed by atoms with van der Waals surface area (Å²) in [4.78, 5) is 12.1.